The van der Waals surface area contributed by atoms with E-state index in [0.29, 0.717) is 5.52 Å². The van der Waals surface area contributed by atoms with Gasteiger partial charge in [-0.1, -0.05) is 97.1 Å². The number of para-hydroxylation sites is 1. The van der Waals surface area contributed by atoms with Crippen LogP contribution < -0.4 is 5.32 Å². The second kappa shape index (κ2) is 9.39. The van der Waals surface area contributed by atoms with Crippen LogP contribution >= 0.6 is 0 Å². The molecule has 1 amide bonds. The van der Waals surface area contributed by atoms with Gasteiger partial charge < -0.3 is 10.4 Å². The van der Waals surface area contributed by atoms with Crippen LogP contribution in [-0.2, 0) is 17.6 Å². The maximum atomic E-state index is 13.4. The lowest BCUT2D eigenvalue weighted by Gasteiger charge is -2.31. The number of nitrogens with one attached hydrogen (secondary N) is 1. The van der Waals surface area contributed by atoms with Crippen LogP contribution in [0.2, 0.25) is 0 Å². The Morgan fingerprint density at radius 3 is 2.09 bits per heavy atom. The quantitative estimate of drug-likeness (QED) is 0.340. The summed E-state index contributed by atoms with van der Waals surface area (Å²) in [5.41, 5.74) is 0.949. The van der Waals surface area contributed by atoms with Crippen LogP contribution in [0.4, 0.5) is 0 Å². The summed E-state index contributed by atoms with van der Waals surface area (Å²) in [5.74, 6) is -1.61. The van der Waals surface area contributed by atoms with Crippen LogP contribution in [0, 0.1) is 0 Å². The molecule has 5 heteroatoms. The van der Waals surface area contributed by atoms with Gasteiger partial charge in [-0.2, -0.15) is 0 Å². The molecule has 5 rings (SSSR count). The first kappa shape index (κ1) is 22.3. The second-order valence-electron chi connectivity index (χ2n) is 8.75. The van der Waals surface area contributed by atoms with Gasteiger partial charge in [0.15, 0.2) is 0 Å². The van der Waals surface area contributed by atoms with E-state index in [2.05, 4.69) is 10.3 Å². The van der Waals surface area contributed by atoms with E-state index < -0.39 is 17.4 Å². The van der Waals surface area contributed by atoms with E-state index in [0.717, 1.165) is 27.3 Å². The first-order valence-corrected chi connectivity index (χ1v) is 11.5. The van der Waals surface area contributed by atoms with Crippen molar-refractivity contribution in [3.63, 3.8) is 0 Å². The standard InChI is InChI=1S/C30H24N2O3/c33-28(27-17-16-24-11-6-7-13-26(24)31-27)32-30(29(34)35,19-21-8-2-1-3-9-21)20-22-14-15-23-10-4-5-12-25(23)18-22/h1-18H,19-20H2,(H,32,33)(H,34,35). The average Bonchev–Trinajstić information content (AvgIpc) is 2.88. The zero-order valence-electron chi connectivity index (χ0n) is 19.0. The Bertz CT molecular complexity index is 1530. The Labute approximate surface area is 203 Å². The smallest absolute Gasteiger partial charge is 0.330 e. The SMILES string of the molecule is O=C(NC(Cc1ccccc1)(Cc1ccc2ccccc2c1)C(=O)O)c1ccc2ccccc2n1. The van der Waals surface area contributed by atoms with Crippen LogP contribution in [0.5, 0.6) is 0 Å². The number of fused-ring (bicyclic) bond motifs is 2. The van der Waals surface area contributed by atoms with E-state index in [1.807, 2.05) is 103 Å². The third-order valence-corrected chi connectivity index (χ3v) is 6.26. The van der Waals surface area contributed by atoms with Gasteiger partial charge in [0.25, 0.3) is 5.91 Å². The molecule has 1 aromatic heterocycles. The van der Waals surface area contributed by atoms with E-state index in [9.17, 15) is 14.7 Å². The lowest BCUT2D eigenvalue weighted by molar-refractivity contribution is -0.144. The molecule has 5 aromatic rings. The van der Waals surface area contributed by atoms with Crippen molar-refractivity contribution < 1.29 is 14.7 Å². The van der Waals surface area contributed by atoms with Gasteiger partial charge in [-0.3, -0.25) is 4.79 Å². The maximum Gasteiger partial charge on any atom is 0.330 e. The van der Waals surface area contributed by atoms with Crippen LogP contribution in [0.3, 0.4) is 0 Å². The monoisotopic (exact) mass is 460 g/mol. The summed E-state index contributed by atoms with van der Waals surface area (Å²) in [7, 11) is 0. The number of nitrogens with zero attached hydrogens (tertiary/aromatic N) is 1. The number of aliphatic carboxylic acids is 1. The van der Waals surface area contributed by atoms with Gasteiger partial charge >= 0.3 is 5.97 Å². The number of aromatic nitrogens is 1. The molecule has 0 aliphatic rings. The van der Waals surface area contributed by atoms with Crippen LogP contribution in [0.15, 0.2) is 109 Å². The Hall–Kier alpha value is -4.51. The summed E-state index contributed by atoms with van der Waals surface area (Å²) in [5, 5.41) is 16.4. The fraction of sp³-hybridized carbons (Fsp3) is 0.100. The molecule has 0 aliphatic carbocycles. The van der Waals surface area contributed by atoms with E-state index in [1.54, 1.807) is 6.07 Å². The van der Waals surface area contributed by atoms with Crippen molar-refractivity contribution in [1.29, 1.82) is 0 Å². The Kier molecular flexibility index (Phi) is 5.98. The number of benzene rings is 4. The van der Waals surface area contributed by atoms with Gasteiger partial charge in [0.05, 0.1) is 5.52 Å². The van der Waals surface area contributed by atoms with Gasteiger partial charge in [0.2, 0.25) is 0 Å². The van der Waals surface area contributed by atoms with Crippen LogP contribution in [-0.4, -0.2) is 27.5 Å². The molecule has 0 saturated carbocycles. The summed E-state index contributed by atoms with van der Waals surface area (Å²) in [6.07, 6.45) is 0.261. The largest absolute Gasteiger partial charge is 0.479 e. The molecular formula is C30H24N2O3. The second-order valence-corrected chi connectivity index (χ2v) is 8.75. The predicted molar refractivity (Wildman–Crippen MR) is 137 cm³/mol. The van der Waals surface area contributed by atoms with Gasteiger partial charge in [0.1, 0.15) is 11.2 Å². The Balaban J connectivity index is 1.54. The summed E-state index contributed by atoms with van der Waals surface area (Å²) >= 11 is 0. The van der Waals surface area contributed by atoms with Crippen molar-refractivity contribution >= 4 is 33.6 Å². The molecule has 172 valence electrons. The van der Waals surface area contributed by atoms with E-state index in [-0.39, 0.29) is 18.5 Å². The molecule has 5 nitrogen and oxygen atoms in total. The minimum absolute atomic E-state index is 0.126. The van der Waals surface area contributed by atoms with Crippen molar-refractivity contribution in [2.75, 3.05) is 0 Å². The summed E-state index contributed by atoms with van der Waals surface area (Å²) in [6.45, 7) is 0. The third kappa shape index (κ3) is 4.75. The predicted octanol–water partition coefficient (Wildman–Crippen LogP) is 5.43. The molecule has 1 atom stereocenters. The summed E-state index contributed by atoms with van der Waals surface area (Å²) < 4.78 is 0. The van der Waals surface area contributed by atoms with Crippen molar-refractivity contribution in [1.82, 2.24) is 10.3 Å². The Morgan fingerprint density at radius 2 is 1.31 bits per heavy atom. The number of pyridine rings is 1. The minimum atomic E-state index is -1.56. The topological polar surface area (TPSA) is 79.3 Å². The number of amides is 1. The number of carbonyl (C=O) groups is 2. The lowest BCUT2D eigenvalue weighted by atomic mass is 9.84. The molecule has 0 spiro atoms. The molecule has 35 heavy (non-hydrogen) atoms. The fourth-order valence-electron chi connectivity index (χ4n) is 4.47. The minimum Gasteiger partial charge on any atom is -0.479 e. The molecule has 1 heterocycles. The Morgan fingerprint density at radius 1 is 0.686 bits per heavy atom. The van der Waals surface area contributed by atoms with E-state index >= 15 is 0 Å². The van der Waals surface area contributed by atoms with Gasteiger partial charge in [0, 0.05) is 18.2 Å². The number of carboxylic acid groups (broad SMARTS) is 1. The van der Waals surface area contributed by atoms with Crippen LogP contribution in [0.1, 0.15) is 21.6 Å². The molecule has 0 bridgehead atoms. The van der Waals surface area contributed by atoms with Gasteiger partial charge in [-0.25, -0.2) is 9.78 Å². The number of rotatable bonds is 7. The first-order chi connectivity index (χ1) is 17.0. The van der Waals surface area contributed by atoms with Crippen molar-refractivity contribution in [3.8, 4) is 0 Å². The molecular weight excluding hydrogens is 436 g/mol. The molecule has 2 N–H and O–H groups in total. The highest BCUT2D eigenvalue weighted by atomic mass is 16.4. The summed E-state index contributed by atoms with van der Waals surface area (Å²) in [6, 6.07) is 34.1. The highest BCUT2D eigenvalue weighted by Crippen LogP contribution is 2.24. The van der Waals surface area contributed by atoms with Crippen molar-refractivity contribution in [2.45, 2.75) is 18.4 Å². The summed E-state index contributed by atoms with van der Waals surface area (Å²) in [4.78, 5) is 30.7. The molecule has 0 radical (unpaired) electrons. The van der Waals surface area contributed by atoms with Crippen molar-refractivity contribution in [2.24, 2.45) is 0 Å². The lowest BCUT2D eigenvalue weighted by Crippen LogP contribution is -2.57. The average molecular weight is 461 g/mol. The van der Waals surface area contributed by atoms with Crippen LogP contribution in [0.25, 0.3) is 21.7 Å². The fourth-order valence-corrected chi connectivity index (χ4v) is 4.47. The van der Waals surface area contributed by atoms with E-state index in [1.165, 1.54) is 0 Å². The first-order valence-electron chi connectivity index (χ1n) is 11.5. The molecule has 0 fully saturated rings. The number of carboxylic acids is 1. The normalized spacial score (nSPS) is 12.8. The highest BCUT2D eigenvalue weighted by Gasteiger charge is 2.41. The van der Waals surface area contributed by atoms with Crippen molar-refractivity contribution in [3.05, 3.63) is 126 Å². The third-order valence-electron chi connectivity index (χ3n) is 6.26. The zero-order valence-corrected chi connectivity index (χ0v) is 19.0. The number of hydrogen-bond donors (Lipinski definition) is 2. The number of carbonyl (C=O) groups excluding carboxylic acids is 1. The van der Waals surface area contributed by atoms with E-state index in [4.69, 9.17) is 0 Å². The maximum absolute atomic E-state index is 13.4. The molecule has 4 aromatic carbocycles. The zero-order chi connectivity index (χ0) is 24.3. The van der Waals surface area contributed by atoms with Gasteiger partial charge in [-0.15, -0.1) is 0 Å². The van der Waals surface area contributed by atoms with Gasteiger partial charge in [-0.05, 0) is 34.0 Å². The molecule has 0 saturated heterocycles. The molecule has 1 unspecified atom stereocenters. The highest BCUT2D eigenvalue weighted by molar-refractivity contribution is 5.98. The molecule has 0 aliphatic heterocycles. The number of hydrogen-bond acceptors (Lipinski definition) is 3.